The van der Waals surface area contributed by atoms with Gasteiger partial charge in [-0.15, -0.1) is 53.6 Å². The zero-order valence-corrected chi connectivity index (χ0v) is 47.0. The van der Waals surface area contributed by atoms with E-state index in [1.807, 2.05) is 26.8 Å². The van der Waals surface area contributed by atoms with E-state index in [1.54, 1.807) is 24.3 Å². The van der Waals surface area contributed by atoms with E-state index >= 15 is 0 Å². The van der Waals surface area contributed by atoms with Crippen LogP contribution in [0.3, 0.4) is 0 Å². The van der Waals surface area contributed by atoms with Gasteiger partial charge < -0.3 is 14.0 Å². The molecule has 0 atom stereocenters. The van der Waals surface area contributed by atoms with Crippen LogP contribution in [0.2, 0.25) is 0 Å². The standard InChI is InChI=1S/C53H47N2O.C17H20N.Ir/c1-33(2)45-30-40(38-22-20-36(21-23-38)35-14-9-8-10-15-35)31-46(34(3)4)50(45)55-48-19-12-11-18-47(48)54-52(55)44-17-13-16-43-42-29-26-39(32-49(42)56-51(43)44)37-24-27-41(28-25-37)53(5,6)7;1-13-5-8-15(9-6-13)16-10-7-14(12-18-16)11-17(2,3)4;/h8-16,18-34H,1-7H3;5-8,10,12H,11H2,1-4H3;/q2*-1;/i;1D3,11D2;. The van der Waals surface area contributed by atoms with Crippen LogP contribution < -0.4 is 0 Å². The SMILES string of the molecule is CC(C)c1cc(-c2ccc(-c3ccccc3)cc2)cc(C(C)C)c1-n1c(-c2[c-]ccc3c2oc2cc(-c4ccc(C(C)(C)C)cc4)ccc23)nc2ccccc21.[2H]C([2H])([2H])c1c[c-]c(-c2ccc(C([2H])([2H])C(C)(C)C)cn2)cc1.[Ir]. The third-order valence-electron chi connectivity index (χ3n) is 13.6. The van der Waals surface area contributed by atoms with Crippen LogP contribution in [-0.2, 0) is 31.9 Å². The minimum absolute atomic E-state index is 0. The minimum atomic E-state index is -2.14. The average molecular weight is 1160 g/mol. The Morgan fingerprint density at radius 3 is 1.87 bits per heavy atom. The number of nitrogens with zero attached hydrogens (tertiary/aromatic N) is 3. The molecule has 3 heterocycles. The third-order valence-corrected chi connectivity index (χ3v) is 13.6. The topological polar surface area (TPSA) is 43.9 Å². The molecule has 0 unspecified atom stereocenters. The van der Waals surface area contributed by atoms with Crippen molar-refractivity contribution >= 4 is 33.0 Å². The van der Waals surface area contributed by atoms with Crippen molar-refractivity contribution in [3.8, 4) is 61.7 Å². The van der Waals surface area contributed by atoms with Crippen LogP contribution in [0.1, 0.15) is 116 Å². The molecule has 0 amide bonds. The number of aryl methyl sites for hydroxylation is 1. The summed E-state index contributed by atoms with van der Waals surface area (Å²) in [6.45, 7) is 19.3. The number of pyridine rings is 1. The molecule has 3 aromatic heterocycles. The predicted molar refractivity (Wildman–Crippen MR) is 312 cm³/mol. The molecular formula is C70H67IrN3O-2. The van der Waals surface area contributed by atoms with Crippen LogP contribution in [0.4, 0.5) is 0 Å². The number of fused-ring (bicyclic) bond motifs is 4. The summed E-state index contributed by atoms with van der Waals surface area (Å²) in [5.41, 5.74) is 18.4. The first kappa shape index (κ1) is 46.4. The van der Waals surface area contributed by atoms with Crippen LogP contribution >= 0.6 is 0 Å². The minimum Gasteiger partial charge on any atom is -0.501 e. The van der Waals surface area contributed by atoms with Gasteiger partial charge in [0.25, 0.3) is 0 Å². The van der Waals surface area contributed by atoms with Crippen molar-refractivity contribution in [3.05, 3.63) is 222 Å². The fourth-order valence-electron chi connectivity index (χ4n) is 9.79. The van der Waals surface area contributed by atoms with Crippen molar-refractivity contribution in [1.82, 2.24) is 14.5 Å². The fraction of sp³-hybridized carbons (Fsp3) is 0.229. The van der Waals surface area contributed by atoms with Crippen molar-refractivity contribution in [2.75, 3.05) is 0 Å². The average Bonchev–Trinajstić information content (AvgIpc) is 4.20. The van der Waals surface area contributed by atoms with E-state index in [0.717, 1.165) is 49.9 Å². The molecule has 0 bridgehead atoms. The van der Waals surface area contributed by atoms with Gasteiger partial charge in [0, 0.05) is 44.2 Å². The molecule has 0 aliphatic carbocycles. The summed E-state index contributed by atoms with van der Waals surface area (Å²) in [5, 5.41) is 2.14. The summed E-state index contributed by atoms with van der Waals surface area (Å²) in [6.07, 6.45) is 0.0411. The van der Waals surface area contributed by atoms with Gasteiger partial charge in [-0.1, -0.05) is 202 Å². The van der Waals surface area contributed by atoms with Crippen LogP contribution in [0.5, 0.6) is 0 Å². The van der Waals surface area contributed by atoms with Gasteiger partial charge in [-0.3, -0.25) is 4.98 Å². The van der Waals surface area contributed by atoms with Crippen LogP contribution in [0, 0.1) is 24.4 Å². The van der Waals surface area contributed by atoms with E-state index < -0.39 is 18.6 Å². The third kappa shape index (κ3) is 11.3. The number of para-hydroxylation sites is 2. The van der Waals surface area contributed by atoms with E-state index in [0.29, 0.717) is 16.8 Å². The number of benzene rings is 8. The Kier molecular flexibility index (Phi) is 13.3. The molecule has 4 nitrogen and oxygen atoms in total. The Morgan fingerprint density at radius 2 is 1.25 bits per heavy atom. The van der Waals surface area contributed by atoms with Crippen molar-refractivity contribution in [2.45, 2.75) is 99.7 Å². The first-order valence-corrected chi connectivity index (χ1v) is 25.8. The molecule has 0 aliphatic rings. The zero-order chi connectivity index (χ0) is 56.2. The first-order valence-electron chi connectivity index (χ1n) is 28.3. The van der Waals surface area contributed by atoms with Gasteiger partial charge in [0.1, 0.15) is 5.58 Å². The summed E-state index contributed by atoms with van der Waals surface area (Å²) < 4.78 is 47.8. The Labute approximate surface area is 465 Å². The van der Waals surface area contributed by atoms with E-state index in [-0.39, 0.29) is 42.9 Å². The predicted octanol–water partition coefficient (Wildman–Crippen LogP) is 19.4. The number of hydrogen-bond donors (Lipinski definition) is 0. The smallest absolute Gasteiger partial charge is 0.121 e. The molecule has 0 aliphatic heterocycles. The summed E-state index contributed by atoms with van der Waals surface area (Å²) in [7, 11) is 0. The molecule has 0 spiro atoms. The molecule has 0 saturated heterocycles. The Balaban J connectivity index is 0.000000272. The molecule has 0 N–H and O–H groups in total. The van der Waals surface area contributed by atoms with Gasteiger partial charge in [-0.05, 0) is 121 Å². The molecule has 1 radical (unpaired) electrons. The molecule has 379 valence electrons. The normalized spacial score (nSPS) is 13.2. The van der Waals surface area contributed by atoms with Crippen LogP contribution in [0.15, 0.2) is 187 Å². The summed E-state index contributed by atoms with van der Waals surface area (Å²) in [5.74, 6) is 1.33. The molecule has 5 heteroatoms. The van der Waals surface area contributed by atoms with Gasteiger partial charge >= 0.3 is 0 Å². The van der Waals surface area contributed by atoms with Gasteiger partial charge in [0.05, 0.1) is 22.4 Å². The number of aromatic nitrogens is 3. The van der Waals surface area contributed by atoms with Gasteiger partial charge in [0.15, 0.2) is 0 Å². The molecule has 8 aromatic carbocycles. The molecule has 11 rings (SSSR count). The van der Waals surface area contributed by atoms with E-state index in [9.17, 15) is 0 Å². The Bertz CT molecular complexity index is 3930. The Morgan fingerprint density at radius 1 is 0.627 bits per heavy atom. The molecule has 0 fully saturated rings. The second-order valence-corrected chi connectivity index (χ2v) is 22.0. The van der Waals surface area contributed by atoms with Crippen molar-refractivity contribution in [1.29, 1.82) is 0 Å². The van der Waals surface area contributed by atoms with E-state index in [2.05, 4.69) is 210 Å². The van der Waals surface area contributed by atoms with E-state index in [1.165, 1.54) is 62.5 Å². The second kappa shape index (κ2) is 21.6. The number of furan rings is 1. The molecule has 0 saturated carbocycles. The van der Waals surface area contributed by atoms with Crippen LogP contribution in [0.25, 0.3) is 94.7 Å². The van der Waals surface area contributed by atoms with Crippen molar-refractivity contribution < 1.29 is 31.4 Å². The summed E-state index contributed by atoms with van der Waals surface area (Å²) in [6, 6.07) is 67.1. The quantitative estimate of drug-likeness (QED) is 0.135. The maximum absolute atomic E-state index is 8.25. The molecular weight excluding hydrogens is 1090 g/mol. The van der Waals surface area contributed by atoms with Crippen molar-refractivity contribution in [3.63, 3.8) is 0 Å². The molecule has 75 heavy (non-hydrogen) atoms. The van der Waals surface area contributed by atoms with E-state index in [4.69, 9.17) is 16.3 Å². The van der Waals surface area contributed by atoms with Crippen LogP contribution in [-0.4, -0.2) is 14.5 Å². The van der Waals surface area contributed by atoms with Crippen molar-refractivity contribution in [2.24, 2.45) is 5.41 Å². The number of hydrogen-bond acceptors (Lipinski definition) is 3. The summed E-state index contributed by atoms with van der Waals surface area (Å²) >= 11 is 0. The maximum atomic E-state index is 8.25. The summed E-state index contributed by atoms with van der Waals surface area (Å²) in [4.78, 5) is 9.67. The fourth-order valence-corrected chi connectivity index (χ4v) is 9.79. The maximum Gasteiger partial charge on any atom is 0.121 e. The van der Waals surface area contributed by atoms with Gasteiger partial charge in [-0.25, -0.2) is 0 Å². The van der Waals surface area contributed by atoms with Gasteiger partial charge in [-0.2, -0.15) is 0 Å². The zero-order valence-electron chi connectivity index (χ0n) is 49.6. The monoisotopic (exact) mass is 1160 g/mol. The first-order chi connectivity index (χ1) is 37.5. The number of imidazole rings is 1. The Hall–Kier alpha value is -7.17. The number of rotatable bonds is 9. The largest absolute Gasteiger partial charge is 0.501 e. The second-order valence-electron chi connectivity index (χ2n) is 22.0. The van der Waals surface area contributed by atoms with Gasteiger partial charge in [0.2, 0.25) is 0 Å². The molecule has 11 aromatic rings.